The third kappa shape index (κ3) is 8.00. The van der Waals surface area contributed by atoms with Crippen molar-refractivity contribution in [2.24, 2.45) is 0 Å². The number of esters is 1. The summed E-state index contributed by atoms with van der Waals surface area (Å²) in [6.45, 7) is 2.27. The van der Waals surface area contributed by atoms with Gasteiger partial charge in [-0.3, -0.25) is 0 Å². The van der Waals surface area contributed by atoms with Gasteiger partial charge in [-0.25, -0.2) is 4.79 Å². The SMILES string of the molecule is COCCCCCCOC(=O)c1ccc(OCCOC)cc1. The number of hydrogen-bond acceptors (Lipinski definition) is 5. The first-order valence-corrected chi connectivity index (χ1v) is 7.65. The second kappa shape index (κ2) is 12.0. The number of carbonyl (C=O) groups excluding carboxylic acids is 1. The number of rotatable bonds is 12. The Morgan fingerprint density at radius 3 is 2.09 bits per heavy atom. The van der Waals surface area contributed by atoms with E-state index in [1.165, 1.54) is 0 Å². The van der Waals surface area contributed by atoms with Crippen LogP contribution in [0.4, 0.5) is 0 Å². The van der Waals surface area contributed by atoms with E-state index in [1.807, 2.05) is 0 Å². The highest BCUT2D eigenvalue weighted by Gasteiger charge is 2.06. The third-order valence-electron chi connectivity index (χ3n) is 3.12. The first-order chi connectivity index (χ1) is 10.8. The van der Waals surface area contributed by atoms with Crippen molar-refractivity contribution < 1.29 is 23.7 Å². The third-order valence-corrected chi connectivity index (χ3v) is 3.12. The van der Waals surface area contributed by atoms with Crippen LogP contribution >= 0.6 is 0 Å². The highest BCUT2D eigenvalue weighted by molar-refractivity contribution is 5.89. The fourth-order valence-electron chi connectivity index (χ4n) is 1.88. The van der Waals surface area contributed by atoms with Crippen molar-refractivity contribution >= 4 is 5.97 Å². The summed E-state index contributed by atoms with van der Waals surface area (Å²) >= 11 is 0. The van der Waals surface area contributed by atoms with E-state index in [-0.39, 0.29) is 5.97 Å². The summed E-state index contributed by atoms with van der Waals surface area (Å²) in [7, 11) is 3.33. The molecular weight excluding hydrogens is 284 g/mol. The predicted octanol–water partition coefficient (Wildman–Crippen LogP) is 3.08. The zero-order valence-corrected chi connectivity index (χ0v) is 13.5. The molecule has 0 N–H and O–H groups in total. The Labute approximate surface area is 132 Å². The fourth-order valence-corrected chi connectivity index (χ4v) is 1.88. The van der Waals surface area contributed by atoms with Crippen LogP contribution in [0.15, 0.2) is 24.3 Å². The Morgan fingerprint density at radius 2 is 1.45 bits per heavy atom. The summed E-state index contributed by atoms with van der Waals surface area (Å²) in [6, 6.07) is 6.94. The van der Waals surface area contributed by atoms with Crippen LogP contribution in [0.25, 0.3) is 0 Å². The van der Waals surface area contributed by atoms with Crippen molar-refractivity contribution in [3.8, 4) is 5.75 Å². The lowest BCUT2D eigenvalue weighted by atomic mass is 10.2. The Balaban J connectivity index is 2.19. The molecule has 0 spiro atoms. The molecule has 0 fully saturated rings. The van der Waals surface area contributed by atoms with Gasteiger partial charge in [-0.1, -0.05) is 6.42 Å². The Morgan fingerprint density at radius 1 is 0.818 bits per heavy atom. The van der Waals surface area contributed by atoms with Gasteiger partial charge in [0, 0.05) is 20.8 Å². The van der Waals surface area contributed by atoms with E-state index in [0.29, 0.717) is 31.1 Å². The molecule has 22 heavy (non-hydrogen) atoms. The van der Waals surface area contributed by atoms with Crippen LogP contribution in [0.2, 0.25) is 0 Å². The molecule has 0 heterocycles. The van der Waals surface area contributed by atoms with Gasteiger partial charge in [0.25, 0.3) is 0 Å². The quantitative estimate of drug-likeness (QED) is 0.439. The monoisotopic (exact) mass is 310 g/mol. The lowest BCUT2D eigenvalue weighted by Crippen LogP contribution is -2.07. The molecule has 0 aliphatic rings. The molecule has 0 unspecified atom stereocenters. The fraction of sp³-hybridized carbons (Fsp3) is 0.588. The lowest BCUT2D eigenvalue weighted by molar-refractivity contribution is 0.0497. The molecule has 5 heteroatoms. The first kappa shape index (κ1) is 18.5. The second-order valence-corrected chi connectivity index (χ2v) is 4.91. The molecule has 5 nitrogen and oxygen atoms in total. The standard InChI is InChI=1S/C17H26O5/c1-19-11-5-3-4-6-12-22-17(18)15-7-9-16(10-8-15)21-14-13-20-2/h7-10H,3-6,11-14H2,1-2H3. The van der Waals surface area contributed by atoms with Gasteiger partial charge in [0.2, 0.25) is 0 Å². The van der Waals surface area contributed by atoms with Crippen molar-refractivity contribution in [1.29, 1.82) is 0 Å². The van der Waals surface area contributed by atoms with Gasteiger partial charge in [0.05, 0.1) is 18.8 Å². The van der Waals surface area contributed by atoms with E-state index in [1.54, 1.807) is 38.5 Å². The van der Waals surface area contributed by atoms with Crippen molar-refractivity contribution in [1.82, 2.24) is 0 Å². The number of unbranched alkanes of at least 4 members (excludes halogenated alkanes) is 3. The topological polar surface area (TPSA) is 54.0 Å². The number of carbonyl (C=O) groups is 1. The van der Waals surface area contributed by atoms with Crippen molar-refractivity contribution in [2.45, 2.75) is 25.7 Å². The number of methoxy groups -OCH3 is 2. The van der Waals surface area contributed by atoms with Gasteiger partial charge >= 0.3 is 5.97 Å². The van der Waals surface area contributed by atoms with E-state index < -0.39 is 0 Å². The minimum atomic E-state index is -0.291. The van der Waals surface area contributed by atoms with E-state index >= 15 is 0 Å². The molecule has 0 aromatic heterocycles. The van der Waals surface area contributed by atoms with Crippen molar-refractivity contribution in [3.63, 3.8) is 0 Å². The zero-order valence-electron chi connectivity index (χ0n) is 13.5. The van der Waals surface area contributed by atoms with Gasteiger partial charge in [0.1, 0.15) is 12.4 Å². The maximum atomic E-state index is 11.8. The van der Waals surface area contributed by atoms with Gasteiger partial charge in [-0.2, -0.15) is 0 Å². The maximum absolute atomic E-state index is 11.8. The molecule has 124 valence electrons. The van der Waals surface area contributed by atoms with E-state index in [0.717, 1.165) is 32.3 Å². The molecular formula is C17H26O5. The normalized spacial score (nSPS) is 10.5. The minimum absolute atomic E-state index is 0.291. The highest BCUT2D eigenvalue weighted by Crippen LogP contribution is 2.13. The summed E-state index contributed by atoms with van der Waals surface area (Å²) in [5.41, 5.74) is 0.540. The average molecular weight is 310 g/mol. The molecule has 0 aliphatic carbocycles. The molecule has 0 aliphatic heterocycles. The van der Waals surface area contributed by atoms with Crippen LogP contribution in [0, 0.1) is 0 Å². The van der Waals surface area contributed by atoms with Gasteiger partial charge in [-0.15, -0.1) is 0 Å². The van der Waals surface area contributed by atoms with Gasteiger partial charge < -0.3 is 18.9 Å². The first-order valence-electron chi connectivity index (χ1n) is 7.65. The van der Waals surface area contributed by atoms with E-state index in [9.17, 15) is 4.79 Å². The smallest absolute Gasteiger partial charge is 0.338 e. The second-order valence-electron chi connectivity index (χ2n) is 4.91. The average Bonchev–Trinajstić information content (AvgIpc) is 2.55. The van der Waals surface area contributed by atoms with Crippen LogP contribution in [-0.2, 0) is 14.2 Å². The van der Waals surface area contributed by atoms with E-state index in [4.69, 9.17) is 18.9 Å². The largest absolute Gasteiger partial charge is 0.491 e. The molecule has 0 saturated carbocycles. The summed E-state index contributed by atoms with van der Waals surface area (Å²) in [5, 5.41) is 0. The van der Waals surface area contributed by atoms with E-state index in [2.05, 4.69) is 0 Å². The number of benzene rings is 1. The van der Waals surface area contributed by atoms with Crippen molar-refractivity contribution in [3.05, 3.63) is 29.8 Å². The lowest BCUT2D eigenvalue weighted by Gasteiger charge is -2.07. The zero-order chi connectivity index (χ0) is 16.0. The molecule has 0 radical (unpaired) electrons. The highest BCUT2D eigenvalue weighted by atomic mass is 16.5. The molecule has 1 aromatic carbocycles. The van der Waals surface area contributed by atoms with Crippen LogP contribution in [0.3, 0.4) is 0 Å². The summed E-state index contributed by atoms with van der Waals surface area (Å²) < 4.78 is 20.6. The molecule has 1 aromatic rings. The van der Waals surface area contributed by atoms with Gasteiger partial charge in [0.15, 0.2) is 0 Å². The Kier molecular flexibility index (Phi) is 10.1. The number of ether oxygens (including phenoxy) is 4. The molecule has 0 amide bonds. The molecule has 0 atom stereocenters. The Bertz CT molecular complexity index is 402. The summed E-state index contributed by atoms with van der Waals surface area (Å²) in [5.74, 6) is 0.423. The predicted molar refractivity (Wildman–Crippen MR) is 84.4 cm³/mol. The maximum Gasteiger partial charge on any atom is 0.338 e. The van der Waals surface area contributed by atoms with Crippen LogP contribution in [-0.4, -0.2) is 46.6 Å². The summed E-state index contributed by atoms with van der Waals surface area (Å²) in [6.07, 6.45) is 4.07. The minimum Gasteiger partial charge on any atom is -0.491 e. The van der Waals surface area contributed by atoms with Gasteiger partial charge in [-0.05, 0) is 43.5 Å². The molecule has 0 saturated heterocycles. The Hall–Kier alpha value is -1.59. The molecule has 1 rings (SSSR count). The molecule has 0 bridgehead atoms. The van der Waals surface area contributed by atoms with Crippen LogP contribution in [0.1, 0.15) is 36.0 Å². The van der Waals surface area contributed by atoms with Crippen LogP contribution in [0.5, 0.6) is 5.75 Å². The number of hydrogen-bond donors (Lipinski definition) is 0. The van der Waals surface area contributed by atoms with Crippen molar-refractivity contribution in [2.75, 3.05) is 40.6 Å². The van der Waals surface area contributed by atoms with Crippen LogP contribution < -0.4 is 4.74 Å². The summed E-state index contributed by atoms with van der Waals surface area (Å²) in [4.78, 5) is 11.8.